The third-order valence-electron chi connectivity index (χ3n) is 8.98. The molecule has 38 heavy (non-hydrogen) atoms. The van der Waals surface area contributed by atoms with Crippen LogP contribution >= 0.6 is 0 Å². The third kappa shape index (κ3) is 4.86. The summed E-state index contributed by atoms with van der Waals surface area (Å²) >= 11 is 0. The van der Waals surface area contributed by atoms with Crippen LogP contribution in [-0.4, -0.2) is 63.6 Å². The zero-order valence-corrected chi connectivity index (χ0v) is 22.5. The Hall–Kier alpha value is -2.80. The van der Waals surface area contributed by atoms with Crippen LogP contribution in [0.2, 0.25) is 0 Å². The second kappa shape index (κ2) is 10.8. The first kappa shape index (κ1) is 24.3. The summed E-state index contributed by atoms with van der Waals surface area (Å²) in [5, 5.41) is 6.21. The summed E-state index contributed by atoms with van der Waals surface area (Å²) in [5.74, 6) is 0.812. The molecule has 2 fully saturated rings. The Balaban J connectivity index is 1.24. The summed E-state index contributed by atoms with van der Waals surface area (Å²) in [5.41, 5.74) is 6.67. The Morgan fingerprint density at radius 3 is 2.71 bits per heavy atom. The first-order chi connectivity index (χ1) is 18.8. The van der Waals surface area contributed by atoms with Crippen molar-refractivity contribution in [2.24, 2.45) is 5.92 Å². The molecule has 198 valence electrons. The zero-order chi connectivity index (χ0) is 25.3. The number of hydrogen-bond acceptors (Lipinski definition) is 5. The lowest BCUT2D eigenvalue weighted by Crippen LogP contribution is -2.44. The number of aryl methyl sites for hydroxylation is 1. The first-order valence-corrected chi connectivity index (χ1v) is 14.8. The van der Waals surface area contributed by atoms with E-state index in [9.17, 15) is 0 Å². The van der Waals surface area contributed by atoms with Crippen molar-refractivity contribution in [3.05, 3.63) is 71.8 Å². The van der Waals surface area contributed by atoms with Crippen molar-refractivity contribution in [3.63, 3.8) is 0 Å². The summed E-state index contributed by atoms with van der Waals surface area (Å²) < 4.78 is 2.59. The average molecular weight is 509 g/mol. The Kier molecular flexibility index (Phi) is 6.87. The van der Waals surface area contributed by atoms with Crippen LogP contribution in [0.4, 0.5) is 0 Å². The van der Waals surface area contributed by atoms with E-state index in [1.807, 2.05) is 12.4 Å². The molecule has 0 radical (unpaired) electrons. The number of piperazine rings is 1. The van der Waals surface area contributed by atoms with Gasteiger partial charge in [0.05, 0.1) is 22.9 Å². The van der Waals surface area contributed by atoms with Crippen LogP contribution < -0.4 is 5.32 Å². The molecular formula is C32H40N6. The van der Waals surface area contributed by atoms with Gasteiger partial charge in [0, 0.05) is 74.5 Å². The number of benzene rings is 1. The van der Waals surface area contributed by atoms with Gasteiger partial charge in [-0.15, -0.1) is 0 Å². The number of fused-ring (bicyclic) bond motifs is 4. The predicted octanol–water partition coefficient (Wildman–Crippen LogP) is 5.17. The van der Waals surface area contributed by atoms with Crippen LogP contribution in [0.5, 0.6) is 0 Å². The summed E-state index contributed by atoms with van der Waals surface area (Å²) in [7, 11) is 0. The molecule has 0 amide bonds. The lowest BCUT2D eigenvalue weighted by atomic mass is 9.90. The highest BCUT2D eigenvalue weighted by molar-refractivity contribution is 6.08. The number of pyridine rings is 2. The number of aromatic nitrogens is 3. The van der Waals surface area contributed by atoms with Gasteiger partial charge < -0.3 is 14.8 Å². The highest BCUT2D eigenvalue weighted by Gasteiger charge is 2.29. The maximum atomic E-state index is 5.08. The van der Waals surface area contributed by atoms with Crippen molar-refractivity contribution in [1.29, 1.82) is 0 Å². The zero-order valence-electron chi connectivity index (χ0n) is 22.5. The maximum Gasteiger partial charge on any atom is 0.0786 e. The average Bonchev–Trinajstić information content (AvgIpc) is 3.74. The van der Waals surface area contributed by atoms with E-state index >= 15 is 0 Å². The lowest BCUT2D eigenvalue weighted by Gasteiger charge is -2.36. The van der Waals surface area contributed by atoms with Gasteiger partial charge in [-0.05, 0) is 74.8 Å². The topological polar surface area (TPSA) is 49.2 Å². The van der Waals surface area contributed by atoms with Gasteiger partial charge >= 0.3 is 0 Å². The molecule has 3 aromatic heterocycles. The van der Waals surface area contributed by atoms with Crippen molar-refractivity contribution in [2.75, 3.05) is 39.3 Å². The Bertz CT molecular complexity index is 1400. The smallest absolute Gasteiger partial charge is 0.0786 e. The minimum atomic E-state index is 0.362. The second-order valence-corrected chi connectivity index (χ2v) is 11.6. The number of nitrogens with one attached hydrogen (secondary N) is 1. The van der Waals surface area contributed by atoms with E-state index in [1.165, 1.54) is 77.4 Å². The van der Waals surface area contributed by atoms with Gasteiger partial charge in [0.1, 0.15) is 0 Å². The van der Waals surface area contributed by atoms with Crippen LogP contribution in [0.15, 0.2) is 54.9 Å². The van der Waals surface area contributed by atoms with Crippen molar-refractivity contribution >= 4 is 21.8 Å². The Labute approximate surface area is 226 Å². The predicted molar refractivity (Wildman–Crippen MR) is 154 cm³/mol. The third-order valence-corrected chi connectivity index (χ3v) is 8.98. The van der Waals surface area contributed by atoms with E-state index in [0.29, 0.717) is 6.04 Å². The molecular weight excluding hydrogens is 468 g/mol. The number of rotatable bonds is 9. The summed E-state index contributed by atoms with van der Waals surface area (Å²) in [6.45, 7) is 8.78. The van der Waals surface area contributed by atoms with Crippen molar-refractivity contribution in [1.82, 2.24) is 29.7 Å². The van der Waals surface area contributed by atoms with E-state index in [2.05, 4.69) is 62.1 Å². The van der Waals surface area contributed by atoms with E-state index in [1.54, 1.807) is 0 Å². The van der Waals surface area contributed by atoms with Crippen LogP contribution in [0.1, 0.15) is 55.1 Å². The van der Waals surface area contributed by atoms with Crippen molar-refractivity contribution < 1.29 is 0 Å². The summed E-state index contributed by atoms with van der Waals surface area (Å²) in [6.07, 6.45) is 11.5. The van der Waals surface area contributed by atoms with Crippen molar-refractivity contribution in [2.45, 2.75) is 57.7 Å². The fourth-order valence-electron chi connectivity index (χ4n) is 6.85. The van der Waals surface area contributed by atoms with E-state index < -0.39 is 0 Å². The molecule has 6 nitrogen and oxygen atoms in total. The van der Waals surface area contributed by atoms with Gasteiger partial charge in [-0.3, -0.25) is 14.9 Å². The molecule has 0 spiro atoms. The Morgan fingerprint density at radius 2 is 1.82 bits per heavy atom. The van der Waals surface area contributed by atoms with E-state index in [0.717, 1.165) is 58.2 Å². The molecule has 1 saturated carbocycles. The van der Waals surface area contributed by atoms with Gasteiger partial charge in [0.25, 0.3) is 0 Å². The summed E-state index contributed by atoms with van der Waals surface area (Å²) in [6, 6.07) is 15.9. The molecule has 7 rings (SSSR count). The molecule has 1 aromatic carbocycles. The molecule has 4 aromatic rings. The number of para-hydroxylation sites is 1. The normalized spacial score (nSPS) is 20.4. The fraction of sp³-hybridized carbons (Fsp3) is 0.500. The molecule has 2 aliphatic carbocycles. The largest absolute Gasteiger partial charge is 0.339 e. The lowest BCUT2D eigenvalue weighted by molar-refractivity contribution is 0.148. The van der Waals surface area contributed by atoms with Crippen LogP contribution in [0.25, 0.3) is 21.8 Å². The standard InChI is InChI=1S/C32H40N6/c1-2-9-29-26(8-1)27-13-15-34-28(32(27)38(29)22-24-11-12-24)23-37(19-5-18-36-20-16-33-17-21-36)30-10-3-6-25-7-4-14-35-31(25)30/h1-2,4,7-9,13-15,24,30,33H,3,5-6,10-12,16-23H2/t30-/m0/s1. The van der Waals surface area contributed by atoms with Crippen molar-refractivity contribution in [3.8, 4) is 0 Å². The summed E-state index contributed by atoms with van der Waals surface area (Å²) in [4.78, 5) is 15.4. The van der Waals surface area contributed by atoms with Crippen LogP contribution in [-0.2, 0) is 19.5 Å². The highest BCUT2D eigenvalue weighted by atomic mass is 15.2. The van der Waals surface area contributed by atoms with Crippen LogP contribution in [0.3, 0.4) is 0 Å². The number of nitrogens with zero attached hydrogens (tertiary/aromatic N) is 5. The van der Waals surface area contributed by atoms with Crippen LogP contribution in [0, 0.1) is 5.92 Å². The molecule has 1 atom stereocenters. The number of hydrogen-bond donors (Lipinski definition) is 1. The maximum absolute atomic E-state index is 5.08. The molecule has 3 aliphatic rings. The molecule has 0 unspecified atom stereocenters. The monoisotopic (exact) mass is 508 g/mol. The SMILES string of the molecule is c1cnc2c(c1)CCC[C@@H]2N(CCCN1CCNCC1)Cc1nccc2c3ccccc3n(CC3CC3)c12. The van der Waals surface area contributed by atoms with Gasteiger partial charge in [0.2, 0.25) is 0 Å². The van der Waals surface area contributed by atoms with E-state index in [4.69, 9.17) is 9.97 Å². The van der Waals surface area contributed by atoms with E-state index in [-0.39, 0.29) is 0 Å². The highest BCUT2D eigenvalue weighted by Crippen LogP contribution is 2.38. The molecule has 4 heterocycles. The molecule has 1 saturated heterocycles. The van der Waals surface area contributed by atoms with Gasteiger partial charge in [-0.25, -0.2) is 0 Å². The minimum Gasteiger partial charge on any atom is -0.339 e. The minimum absolute atomic E-state index is 0.362. The molecule has 0 bridgehead atoms. The second-order valence-electron chi connectivity index (χ2n) is 11.6. The van der Waals surface area contributed by atoms with Gasteiger partial charge in [0.15, 0.2) is 0 Å². The van der Waals surface area contributed by atoms with Gasteiger partial charge in [-0.2, -0.15) is 0 Å². The quantitative estimate of drug-likeness (QED) is 0.338. The molecule has 1 N–H and O–H groups in total. The molecule has 6 heteroatoms. The Morgan fingerprint density at radius 1 is 0.921 bits per heavy atom. The van der Waals surface area contributed by atoms with Gasteiger partial charge in [-0.1, -0.05) is 24.3 Å². The first-order valence-electron chi connectivity index (χ1n) is 14.8. The molecule has 1 aliphatic heterocycles. The fourth-order valence-corrected chi connectivity index (χ4v) is 6.85.